The third-order valence-electron chi connectivity index (χ3n) is 4.45. The van der Waals surface area contributed by atoms with Crippen molar-refractivity contribution < 1.29 is 17.6 Å². The second-order valence-electron chi connectivity index (χ2n) is 6.38. The number of thiocarbonyl (C=S) groups is 1. The van der Waals surface area contributed by atoms with Gasteiger partial charge in [-0.15, -0.1) is 0 Å². The summed E-state index contributed by atoms with van der Waals surface area (Å²) in [6.07, 6.45) is 0. The zero-order valence-electron chi connectivity index (χ0n) is 13.6. The van der Waals surface area contributed by atoms with Gasteiger partial charge in [-0.2, -0.15) is 0 Å². The highest BCUT2D eigenvalue weighted by molar-refractivity contribution is 9.10. The average Bonchev–Trinajstić information content (AvgIpc) is 2.92. The predicted octanol–water partition coefficient (Wildman–Crippen LogP) is 1.25. The highest BCUT2D eigenvalue weighted by Gasteiger charge is 2.52. The fourth-order valence-electron chi connectivity index (χ4n) is 3.21. The number of amides is 1. The second-order valence-corrected chi connectivity index (χ2v) is 9.81. The van der Waals surface area contributed by atoms with Crippen LogP contribution in [-0.4, -0.2) is 73.5 Å². The number of benzene rings is 1. The molecule has 0 aromatic heterocycles. The van der Waals surface area contributed by atoms with E-state index < -0.39 is 27.7 Å². The van der Waals surface area contributed by atoms with E-state index in [1.807, 2.05) is 0 Å². The maximum Gasteiger partial charge on any atom is 0.241 e. The monoisotopic (exact) mass is 449 g/mol. The molecule has 0 saturated carbocycles. The standard InChI is InChI=1S/C15H17BrFN3O3S2/c1-18(2)14(21)6-19-12-7-25(22,23)8-13(12)20(15(19)24)11-4-3-9(16)5-10(11)17/h3-5,12-13H,6-8H2,1-2H3/t12-,13+/m0/s1. The molecule has 0 spiro atoms. The molecule has 1 amide bonds. The van der Waals surface area contributed by atoms with Crippen LogP contribution in [0.25, 0.3) is 0 Å². The maximum atomic E-state index is 14.5. The summed E-state index contributed by atoms with van der Waals surface area (Å²) in [5.74, 6) is -0.892. The van der Waals surface area contributed by atoms with Crippen molar-refractivity contribution in [3.8, 4) is 0 Å². The van der Waals surface area contributed by atoms with Gasteiger partial charge in [-0.25, -0.2) is 12.8 Å². The number of likely N-dealkylation sites (N-methyl/N-ethyl adjacent to an activating group) is 1. The van der Waals surface area contributed by atoms with Crippen LogP contribution in [0.4, 0.5) is 10.1 Å². The number of rotatable bonds is 3. The molecule has 3 rings (SSSR count). The minimum atomic E-state index is -3.28. The molecule has 2 heterocycles. The predicted molar refractivity (Wildman–Crippen MR) is 101 cm³/mol. The van der Waals surface area contributed by atoms with Gasteiger partial charge in [-0.05, 0) is 30.4 Å². The number of hydrogen-bond donors (Lipinski definition) is 0. The third-order valence-corrected chi connectivity index (χ3v) is 7.07. The fourth-order valence-corrected chi connectivity index (χ4v) is 5.92. The minimum absolute atomic E-state index is 0.0306. The first-order chi connectivity index (χ1) is 11.6. The van der Waals surface area contributed by atoms with E-state index in [1.54, 1.807) is 31.1 Å². The topological polar surface area (TPSA) is 60.9 Å². The molecule has 25 heavy (non-hydrogen) atoms. The van der Waals surface area contributed by atoms with E-state index >= 15 is 0 Å². The van der Waals surface area contributed by atoms with Crippen LogP contribution in [-0.2, 0) is 14.6 Å². The van der Waals surface area contributed by atoms with Gasteiger partial charge < -0.3 is 14.7 Å². The molecule has 2 aliphatic rings. The van der Waals surface area contributed by atoms with Crippen LogP contribution in [0.15, 0.2) is 22.7 Å². The normalized spacial score (nSPS) is 24.6. The first kappa shape index (κ1) is 18.5. The summed E-state index contributed by atoms with van der Waals surface area (Å²) in [6.45, 7) is -0.0306. The number of nitrogens with zero attached hydrogens (tertiary/aromatic N) is 3. The van der Waals surface area contributed by atoms with Crippen molar-refractivity contribution in [1.29, 1.82) is 0 Å². The van der Waals surface area contributed by atoms with E-state index in [0.717, 1.165) is 0 Å². The van der Waals surface area contributed by atoms with Gasteiger partial charge in [-0.3, -0.25) is 4.79 Å². The smallest absolute Gasteiger partial charge is 0.241 e. The average molecular weight is 450 g/mol. The summed E-state index contributed by atoms with van der Waals surface area (Å²) in [4.78, 5) is 16.7. The molecule has 6 nitrogen and oxygen atoms in total. The lowest BCUT2D eigenvalue weighted by atomic mass is 10.1. The highest BCUT2D eigenvalue weighted by atomic mass is 79.9. The number of halogens is 2. The Kier molecular flexibility index (Phi) is 4.80. The molecule has 1 aromatic carbocycles. The van der Waals surface area contributed by atoms with Crippen molar-refractivity contribution in [2.45, 2.75) is 12.1 Å². The lowest BCUT2D eigenvalue weighted by molar-refractivity contribution is -0.129. The van der Waals surface area contributed by atoms with Gasteiger partial charge in [0, 0.05) is 18.6 Å². The van der Waals surface area contributed by atoms with Crippen molar-refractivity contribution in [2.24, 2.45) is 0 Å². The van der Waals surface area contributed by atoms with Gasteiger partial charge in [0.05, 0.1) is 35.8 Å². The Morgan fingerprint density at radius 1 is 1.36 bits per heavy atom. The summed E-state index contributed by atoms with van der Waals surface area (Å²) < 4.78 is 39.3. The first-order valence-electron chi connectivity index (χ1n) is 7.56. The lowest BCUT2D eigenvalue weighted by Crippen LogP contribution is -2.44. The fraction of sp³-hybridized carbons (Fsp3) is 0.467. The summed E-state index contributed by atoms with van der Waals surface area (Å²) in [5.41, 5.74) is 0.222. The molecule has 1 aromatic rings. The molecule has 10 heteroatoms. The Morgan fingerprint density at radius 2 is 2.00 bits per heavy atom. The van der Waals surface area contributed by atoms with Crippen molar-refractivity contribution in [3.63, 3.8) is 0 Å². The number of carbonyl (C=O) groups excluding carboxylic acids is 1. The summed E-state index contributed by atoms with van der Waals surface area (Å²) in [7, 11) is -0.0364. The van der Waals surface area contributed by atoms with Crippen LogP contribution in [0.3, 0.4) is 0 Å². The summed E-state index contributed by atoms with van der Waals surface area (Å²) in [6, 6.07) is 3.59. The van der Waals surface area contributed by atoms with Gasteiger partial charge in [0.2, 0.25) is 5.91 Å². The number of sulfone groups is 1. The van der Waals surface area contributed by atoms with Gasteiger partial charge in [0.15, 0.2) is 14.9 Å². The molecule has 0 N–H and O–H groups in total. The van der Waals surface area contributed by atoms with Crippen molar-refractivity contribution in [3.05, 3.63) is 28.5 Å². The van der Waals surface area contributed by atoms with Gasteiger partial charge in [-0.1, -0.05) is 15.9 Å². The third kappa shape index (κ3) is 3.39. The molecule has 0 radical (unpaired) electrons. The zero-order valence-corrected chi connectivity index (χ0v) is 16.9. The van der Waals surface area contributed by atoms with Crippen LogP contribution in [0.2, 0.25) is 0 Å². The first-order valence-corrected chi connectivity index (χ1v) is 10.6. The molecular weight excluding hydrogens is 433 g/mol. The second kappa shape index (κ2) is 6.48. The van der Waals surface area contributed by atoms with Gasteiger partial charge in [0.1, 0.15) is 5.82 Å². The number of carbonyl (C=O) groups is 1. The van der Waals surface area contributed by atoms with E-state index in [1.165, 1.54) is 15.9 Å². The van der Waals surface area contributed by atoms with Crippen molar-refractivity contribution in [1.82, 2.24) is 9.80 Å². The number of hydrogen-bond acceptors (Lipinski definition) is 4. The molecular formula is C15H17BrFN3O3S2. The highest BCUT2D eigenvalue weighted by Crippen LogP contribution is 2.36. The number of anilines is 1. The SMILES string of the molecule is CN(C)C(=O)CN1C(=S)N(c2ccc(Br)cc2F)[C@@H]2CS(=O)(=O)C[C@@H]21. The minimum Gasteiger partial charge on any atom is -0.347 e. The lowest BCUT2D eigenvalue weighted by Gasteiger charge is -2.26. The van der Waals surface area contributed by atoms with Crippen LogP contribution >= 0.6 is 28.1 Å². The Balaban J connectivity index is 2.01. The van der Waals surface area contributed by atoms with E-state index in [2.05, 4.69) is 15.9 Å². The van der Waals surface area contributed by atoms with E-state index in [9.17, 15) is 17.6 Å². The zero-order chi connectivity index (χ0) is 18.5. The molecule has 2 atom stereocenters. The molecule has 2 saturated heterocycles. The van der Waals surface area contributed by atoms with Crippen LogP contribution in [0.5, 0.6) is 0 Å². The van der Waals surface area contributed by atoms with E-state index in [4.69, 9.17) is 12.2 Å². The maximum absolute atomic E-state index is 14.5. The molecule has 0 aliphatic carbocycles. The Labute approximate surface area is 159 Å². The Morgan fingerprint density at radius 3 is 2.60 bits per heavy atom. The quantitative estimate of drug-likeness (QED) is 0.647. The molecule has 0 unspecified atom stereocenters. The molecule has 2 aliphatic heterocycles. The van der Waals surface area contributed by atoms with Gasteiger partial charge in [0.25, 0.3) is 0 Å². The Bertz CT molecular complexity index is 846. The molecule has 136 valence electrons. The largest absolute Gasteiger partial charge is 0.347 e. The summed E-state index contributed by atoms with van der Waals surface area (Å²) >= 11 is 8.69. The van der Waals surface area contributed by atoms with Crippen LogP contribution in [0.1, 0.15) is 0 Å². The van der Waals surface area contributed by atoms with E-state index in [0.29, 0.717) is 4.47 Å². The van der Waals surface area contributed by atoms with Gasteiger partial charge >= 0.3 is 0 Å². The van der Waals surface area contributed by atoms with Crippen LogP contribution in [0, 0.1) is 5.82 Å². The van der Waals surface area contributed by atoms with Crippen LogP contribution < -0.4 is 4.90 Å². The summed E-state index contributed by atoms with van der Waals surface area (Å²) in [5, 5.41) is 0.279. The molecule has 0 bridgehead atoms. The van der Waals surface area contributed by atoms with E-state index in [-0.39, 0.29) is 34.8 Å². The molecule has 2 fully saturated rings. The van der Waals surface area contributed by atoms with Crippen molar-refractivity contribution >= 4 is 54.7 Å². The van der Waals surface area contributed by atoms with Crippen molar-refractivity contribution in [2.75, 3.05) is 37.0 Å². The number of fused-ring (bicyclic) bond motifs is 1. The Hall–Kier alpha value is -1.26.